The first kappa shape index (κ1) is 10.1. The van der Waals surface area contributed by atoms with E-state index in [1.54, 1.807) is 12.1 Å². The lowest BCUT2D eigenvalue weighted by atomic mass is 10.3. The van der Waals surface area contributed by atoms with Gasteiger partial charge in [0.1, 0.15) is 5.82 Å². The van der Waals surface area contributed by atoms with Gasteiger partial charge in [0.15, 0.2) is 11.2 Å². The molecule has 0 bridgehead atoms. The van der Waals surface area contributed by atoms with Gasteiger partial charge in [0.05, 0.1) is 11.9 Å². The van der Waals surface area contributed by atoms with E-state index in [1.807, 2.05) is 0 Å². The lowest BCUT2D eigenvalue weighted by Gasteiger charge is -2.00. The van der Waals surface area contributed by atoms with Crippen molar-refractivity contribution >= 4 is 22.8 Å². The molecule has 17 heavy (non-hydrogen) atoms. The quantitative estimate of drug-likeness (QED) is 0.619. The number of halogens is 2. The molecule has 0 atom stereocenters. The van der Waals surface area contributed by atoms with Crippen LogP contribution in [-0.4, -0.2) is 25.0 Å². The molecule has 7 heteroatoms. The van der Waals surface area contributed by atoms with Crippen molar-refractivity contribution in [3.8, 4) is 5.69 Å². The fourth-order valence-electron chi connectivity index (χ4n) is 1.46. The molecule has 0 aliphatic carbocycles. The first-order valence-electron chi connectivity index (χ1n) is 4.74. The van der Waals surface area contributed by atoms with Gasteiger partial charge in [0.25, 0.3) is 0 Å². The Bertz CT molecular complexity index is 679. The van der Waals surface area contributed by atoms with Gasteiger partial charge in [-0.1, -0.05) is 5.21 Å². The van der Waals surface area contributed by atoms with Crippen molar-refractivity contribution in [1.29, 1.82) is 0 Å². The van der Waals surface area contributed by atoms with Crippen molar-refractivity contribution in [1.82, 2.24) is 25.0 Å². The van der Waals surface area contributed by atoms with Crippen LogP contribution in [0.4, 0.5) is 4.39 Å². The highest BCUT2D eigenvalue weighted by Gasteiger charge is 2.09. The van der Waals surface area contributed by atoms with Crippen LogP contribution in [0.25, 0.3) is 16.9 Å². The molecule has 0 saturated carbocycles. The third-order valence-electron chi connectivity index (χ3n) is 2.23. The molecule has 1 aromatic carbocycles. The van der Waals surface area contributed by atoms with Crippen molar-refractivity contribution in [3.63, 3.8) is 0 Å². The summed E-state index contributed by atoms with van der Waals surface area (Å²) >= 11 is 5.71. The molecule has 0 spiro atoms. The topological polar surface area (TPSA) is 56.5 Å². The van der Waals surface area contributed by atoms with Gasteiger partial charge in [0.2, 0.25) is 5.28 Å². The summed E-state index contributed by atoms with van der Waals surface area (Å²) in [4.78, 5) is 7.84. The zero-order valence-electron chi connectivity index (χ0n) is 8.38. The van der Waals surface area contributed by atoms with Gasteiger partial charge >= 0.3 is 0 Å². The maximum absolute atomic E-state index is 12.8. The van der Waals surface area contributed by atoms with E-state index in [0.717, 1.165) is 0 Å². The van der Waals surface area contributed by atoms with Gasteiger partial charge in [-0.15, -0.1) is 5.10 Å². The molecule has 2 heterocycles. The predicted octanol–water partition coefficient (Wildman–Crippen LogP) is 2.00. The molecule has 5 nitrogen and oxygen atoms in total. The maximum atomic E-state index is 12.8. The van der Waals surface area contributed by atoms with E-state index in [4.69, 9.17) is 11.6 Å². The number of hydrogen-bond donors (Lipinski definition) is 0. The minimum Gasteiger partial charge on any atom is -0.224 e. The number of fused-ring (bicyclic) bond motifs is 1. The minimum atomic E-state index is -0.314. The van der Waals surface area contributed by atoms with Crippen molar-refractivity contribution in [2.24, 2.45) is 0 Å². The Morgan fingerprint density at radius 3 is 2.71 bits per heavy atom. The highest BCUT2D eigenvalue weighted by Crippen LogP contribution is 2.15. The molecule has 0 radical (unpaired) electrons. The van der Waals surface area contributed by atoms with Crippen LogP contribution in [0.2, 0.25) is 5.28 Å². The number of rotatable bonds is 1. The summed E-state index contributed by atoms with van der Waals surface area (Å²) in [5.74, 6) is -0.314. The second-order valence-electron chi connectivity index (χ2n) is 3.33. The molecule has 84 valence electrons. The number of hydrogen-bond acceptors (Lipinski definition) is 4. The zero-order chi connectivity index (χ0) is 11.8. The molecule has 0 fully saturated rings. The molecule has 0 unspecified atom stereocenters. The van der Waals surface area contributed by atoms with E-state index in [1.165, 1.54) is 23.0 Å². The van der Waals surface area contributed by atoms with E-state index in [0.29, 0.717) is 16.9 Å². The van der Waals surface area contributed by atoms with Crippen LogP contribution in [0.5, 0.6) is 0 Å². The van der Waals surface area contributed by atoms with Crippen molar-refractivity contribution in [3.05, 3.63) is 41.6 Å². The largest absolute Gasteiger partial charge is 0.224 e. The molecular weight excluding hydrogens is 245 g/mol. The van der Waals surface area contributed by atoms with Gasteiger partial charge in [-0.25, -0.2) is 9.37 Å². The summed E-state index contributed by atoms with van der Waals surface area (Å²) in [6.07, 6.45) is 1.48. The van der Waals surface area contributed by atoms with Crippen LogP contribution < -0.4 is 0 Å². The second kappa shape index (κ2) is 3.74. The standard InChI is InChI=1S/C10H5ClFN5/c11-10-13-5-8-9(14-10)17(16-15-8)7-3-1-6(12)2-4-7/h1-5H. The Morgan fingerprint density at radius 1 is 1.18 bits per heavy atom. The molecule has 0 aliphatic rings. The van der Waals surface area contributed by atoms with Crippen LogP contribution in [0.15, 0.2) is 30.5 Å². The fraction of sp³-hybridized carbons (Fsp3) is 0. The van der Waals surface area contributed by atoms with Crippen LogP contribution >= 0.6 is 11.6 Å². The van der Waals surface area contributed by atoms with Crippen molar-refractivity contribution in [2.75, 3.05) is 0 Å². The van der Waals surface area contributed by atoms with Gasteiger partial charge in [-0.3, -0.25) is 0 Å². The smallest absolute Gasteiger partial charge is 0.224 e. The van der Waals surface area contributed by atoms with Gasteiger partial charge in [-0.2, -0.15) is 9.67 Å². The van der Waals surface area contributed by atoms with Crippen LogP contribution in [0.1, 0.15) is 0 Å². The SMILES string of the molecule is Fc1ccc(-n2nnc3cnc(Cl)nc32)cc1. The number of benzene rings is 1. The third-order valence-corrected chi connectivity index (χ3v) is 2.42. The summed E-state index contributed by atoms with van der Waals surface area (Å²) in [6, 6.07) is 5.84. The Labute approximate surface area is 99.9 Å². The van der Waals surface area contributed by atoms with Gasteiger partial charge in [0, 0.05) is 0 Å². The van der Waals surface area contributed by atoms with Crippen LogP contribution in [0.3, 0.4) is 0 Å². The molecule has 0 N–H and O–H groups in total. The molecule has 3 aromatic rings. The summed E-state index contributed by atoms with van der Waals surface area (Å²) in [5.41, 5.74) is 1.67. The average Bonchev–Trinajstić information content (AvgIpc) is 2.73. The van der Waals surface area contributed by atoms with E-state index in [-0.39, 0.29) is 11.1 Å². The molecule has 3 rings (SSSR count). The molecule has 0 aliphatic heterocycles. The predicted molar refractivity (Wildman–Crippen MR) is 59.4 cm³/mol. The lowest BCUT2D eigenvalue weighted by molar-refractivity contribution is 0.627. The number of aromatic nitrogens is 5. The van der Waals surface area contributed by atoms with E-state index < -0.39 is 0 Å². The molecule has 0 saturated heterocycles. The summed E-state index contributed by atoms with van der Waals surface area (Å²) in [5, 5.41) is 7.93. The highest BCUT2D eigenvalue weighted by atomic mass is 35.5. The monoisotopic (exact) mass is 249 g/mol. The van der Waals surface area contributed by atoms with Gasteiger partial charge < -0.3 is 0 Å². The van der Waals surface area contributed by atoms with Crippen LogP contribution in [-0.2, 0) is 0 Å². The Kier molecular flexibility index (Phi) is 2.22. The average molecular weight is 250 g/mol. The van der Waals surface area contributed by atoms with Crippen molar-refractivity contribution < 1.29 is 4.39 Å². The first-order valence-corrected chi connectivity index (χ1v) is 5.12. The summed E-state index contributed by atoms with van der Waals surface area (Å²) in [7, 11) is 0. The van der Waals surface area contributed by atoms with Crippen LogP contribution in [0, 0.1) is 5.82 Å². The maximum Gasteiger partial charge on any atom is 0.224 e. The Hall–Kier alpha value is -2.08. The van der Waals surface area contributed by atoms with Gasteiger partial charge in [-0.05, 0) is 35.9 Å². The zero-order valence-corrected chi connectivity index (χ0v) is 9.13. The van der Waals surface area contributed by atoms with E-state index >= 15 is 0 Å². The lowest BCUT2D eigenvalue weighted by Crippen LogP contribution is -1.98. The third kappa shape index (κ3) is 1.72. The summed E-state index contributed by atoms with van der Waals surface area (Å²) in [6.45, 7) is 0. The minimum absolute atomic E-state index is 0.114. The highest BCUT2D eigenvalue weighted by molar-refractivity contribution is 6.28. The molecule has 0 amide bonds. The second-order valence-corrected chi connectivity index (χ2v) is 3.66. The van der Waals surface area contributed by atoms with Crippen molar-refractivity contribution in [2.45, 2.75) is 0 Å². The first-order chi connectivity index (χ1) is 8.24. The normalized spacial score (nSPS) is 10.9. The Balaban J connectivity index is 2.23. The Morgan fingerprint density at radius 2 is 1.94 bits per heavy atom. The number of nitrogens with zero attached hydrogens (tertiary/aromatic N) is 5. The molecular formula is C10H5ClFN5. The molecule has 2 aromatic heterocycles. The van der Waals surface area contributed by atoms with E-state index in [2.05, 4.69) is 20.3 Å². The fourth-order valence-corrected chi connectivity index (χ4v) is 1.59. The summed E-state index contributed by atoms with van der Waals surface area (Å²) < 4.78 is 14.3. The van der Waals surface area contributed by atoms with E-state index in [9.17, 15) is 4.39 Å².